The first-order valence-corrected chi connectivity index (χ1v) is 6.95. The lowest BCUT2D eigenvalue weighted by molar-refractivity contribution is -0.111. The van der Waals surface area contributed by atoms with E-state index >= 15 is 0 Å². The second kappa shape index (κ2) is 7.43. The van der Waals surface area contributed by atoms with Crippen LogP contribution in [0.3, 0.4) is 0 Å². The molecule has 0 saturated carbocycles. The van der Waals surface area contributed by atoms with E-state index in [1.807, 2.05) is 6.07 Å². The molecule has 1 amide bonds. The second-order valence-electron chi connectivity index (χ2n) is 4.55. The monoisotopic (exact) mass is 330 g/mol. The van der Waals surface area contributed by atoms with Gasteiger partial charge >= 0.3 is 0 Å². The van der Waals surface area contributed by atoms with E-state index in [1.54, 1.807) is 12.1 Å². The zero-order chi connectivity index (χ0) is 16.8. The van der Waals surface area contributed by atoms with Crippen molar-refractivity contribution in [2.75, 3.05) is 5.32 Å². The molecule has 0 saturated heterocycles. The van der Waals surface area contributed by atoms with Crippen molar-refractivity contribution in [2.45, 2.75) is 6.61 Å². The number of benzene rings is 2. The van der Waals surface area contributed by atoms with Gasteiger partial charge in [-0.1, -0.05) is 24.2 Å². The molecule has 0 aliphatic rings. The molecule has 1 N–H and O–H groups in total. The van der Waals surface area contributed by atoms with E-state index in [9.17, 15) is 9.18 Å². The van der Waals surface area contributed by atoms with Crippen molar-refractivity contribution in [3.8, 4) is 11.8 Å². The Bertz CT molecular complexity index is 800. The summed E-state index contributed by atoms with van der Waals surface area (Å²) in [6.45, 7) is 3.37. The molecule has 0 aromatic heterocycles. The number of amides is 1. The molecule has 0 aliphatic carbocycles. The van der Waals surface area contributed by atoms with Crippen molar-refractivity contribution in [2.24, 2.45) is 0 Å². The van der Waals surface area contributed by atoms with E-state index in [0.29, 0.717) is 21.8 Å². The van der Waals surface area contributed by atoms with Crippen LogP contribution in [0.5, 0.6) is 5.75 Å². The molecule has 23 heavy (non-hydrogen) atoms. The van der Waals surface area contributed by atoms with Gasteiger partial charge in [-0.05, 0) is 30.3 Å². The van der Waals surface area contributed by atoms with Crippen LogP contribution in [-0.4, -0.2) is 5.91 Å². The van der Waals surface area contributed by atoms with Gasteiger partial charge in [0.1, 0.15) is 6.61 Å². The van der Waals surface area contributed by atoms with Gasteiger partial charge in [0.25, 0.3) is 0 Å². The maximum atomic E-state index is 13.9. The Balaban J connectivity index is 2.08. The molecule has 2 rings (SSSR count). The van der Waals surface area contributed by atoms with Crippen LogP contribution in [0, 0.1) is 17.1 Å². The third-order valence-corrected chi connectivity index (χ3v) is 3.30. The number of carbonyl (C=O) groups excluding carboxylic acids is 1. The van der Waals surface area contributed by atoms with Gasteiger partial charge in [-0.2, -0.15) is 5.26 Å². The summed E-state index contributed by atoms with van der Waals surface area (Å²) in [5.74, 6) is -1.01. The lowest BCUT2D eigenvalue weighted by atomic mass is 10.1. The van der Waals surface area contributed by atoms with Crippen LogP contribution in [0.4, 0.5) is 10.1 Å². The van der Waals surface area contributed by atoms with Gasteiger partial charge in [0.05, 0.1) is 11.6 Å². The fraction of sp³-hybridized carbons (Fsp3) is 0.0588. The summed E-state index contributed by atoms with van der Waals surface area (Å²) in [6.07, 6.45) is 1.09. The number of carbonyl (C=O) groups is 1. The highest BCUT2D eigenvalue weighted by Gasteiger charge is 2.08. The quantitative estimate of drug-likeness (QED) is 0.841. The van der Waals surface area contributed by atoms with Crippen LogP contribution in [0.1, 0.15) is 11.1 Å². The Morgan fingerprint density at radius 1 is 1.39 bits per heavy atom. The third kappa shape index (κ3) is 4.31. The highest BCUT2D eigenvalue weighted by molar-refractivity contribution is 6.31. The molecule has 116 valence electrons. The number of hydrogen-bond donors (Lipinski definition) is 1. The van der Waals surface area contributed by atoms with E-state index in [-0.39, 0.29) is 12.4 Å². The number of ether oxygens (including phenoxy) is 1. The van der Waals surface area contributed by atoms with E-state index in [2.05, 4.69) is 11.9 Å². The standard InChI is InChI=1S/C17H12ClFN2O2/c1-2-17(22)21-13-5-6-16(15(19)8-13)23-10-12-4-3-11(9-20)7-14(12)18/h2-8H,1,10H2,(H,21,22). The average Bonchev–Trinajstić information content (AvgIpc) is 2.54. The molecule has 4 nitrogen and oxygen atoms in total. The van der Waals surface area contributed by atoms with E-state index in [1.165, 1.54) is 18.2 Å². The zero-order valence-corrected chi connectivity index (χ0v) is 12.7. The van der Waals surface area contributed by atoms with Crippen molar-refractivity contribution in [3.63, 3.8) is 0 Å². The first kappa shape index (κ1) is 16.5. The summed E-state index contributed by atoms with van der Waals surface area (Å²) in [5.41, 5.74) is 1.37. The molecule has 0 bridgehead atoms. The number of anilines is 1. The second-order valence-corrected chi connectivity index (χ2v) is 4.95. The van der Waals surface area contributed by atoms with Crippen molar-refractivity contribution >= 4 is 23.2 Å². The fourth-order valence-electron chi connectivity index (χ4n) is 1.78. The molecule has 0 unspecified atom stereocenters. The smallest absolute Gasteiger partial charge is 0.247 e. The normalized spacial score (nSPS) is 9.78. The topological polar surface area (TPSA) is 62.1 Å². The summed E-state index contributed by atoms with van der Waals surface area (Å²) < 4.78 is 19.3. The van der Waals surface area contributed by atoms with Gasteiger partial charge in [-0.3, -0.25) is 4.79 Å². The highest BCUT2D eigenvalue weighted by atomic mass is 35.5. The van der Waals surface area contributed by atoms with Crippen molar-refractivity contribution < 1.29 is 13.9 Å². The zero-order valence-electron chi connectivity index (χ0n) is 12.0. The summed E-state index contributed by atoms with van der Waals surface area (Å²) in [6, 6.07) is 10.8. The van der Waals surface area contributed by atoms with Crippen LogP contribution in [-0.2, 0) is 11.4 Å². The van der Waals surface area contributed by atoms with Gasteiger partial charge in [-0.15, -0.1) is 0 Å². The van der Waals surface area contributed by atoms with Crippen molar-refractivity contribution in [3.05, 3.63) is 71.0 Å². The number of nitrogens with one attached hydrogen (secondary N) is 1. The Hall–Kier alpha value is -2.84. The molecule has 0 aliphatic heterocycles. The minimum atomic E-state index is -0.614. The van der Waals surface area contributed by atoms with Crippen LogP contribution < -0.4 is 10.1 Å². The SMILES string of the molecule is C=CC(=O)Nc1ccc(OCc2ccc(C#N)cc2Cl)c(F)c1. The largest absolute Gasteiger partial charge is 0.486 e. The predicted molar refractivity (Wildman–Crippen MR) is 85.7 cm³/mol. The molecule has 0 atom stereocenters. The van der Waals surface area contributed by atoms with Crippen LogP contribution >= 0.6 is 11.6 Å². The fourth-order valence-corrected chi connectivity index (χ4v) is 2.01. The molecule has 0 spiro atoms. The lowest BCUT2D eigenvalue weighted by Crippen LogP contribution is -2.07. The highest BCUT2D eigenvalue weighted by Crippen LogP contribution is 2.24. The molecule has 2 aromatic carbocycles. The van der Waals surface area contributed by atoms with Crippen LogP contribution in [0.15, 0.2) is 49.1 Å². The third-order valence-electron chi connectivity index (χ3n) is 2.95. The maximum absolute atomic E-state index is 13.9. The molecule has 0 fully saturated rings. The van der Waals surface area contributed by atoms with Gasteiger partial charge in [0.2, 0.25) is 5.91 Å². The minimum absolute atomic E-state index is 0.0297. The number of rotatable bonds is 5. The van der Waals surface area contributed by atoms with Gasteiger partial charge < -0.3 is 10.1 Å². The van der Waals surface area contributed by atoms with Crippen LogP contribution in [0.25, 0.3) is 0 Å². The minimum Gasteiger partial charge on any atom is -0.486 e. The summed E-state index contributed by atoms with van der Waals surface area (Å²) >= 11 is 6.03. The van der Waals surface area contributed by atoms with Crippen molar-refractivity contribution in [1.29, 1.82) is 5.26 Å². The summed E-state index contributed by atoms with van der Waals surface area (Å²) in [7, 11) is 0. The number of nitrogens with zero attached hydrogens (tertiary/aromatic N) is 1. The summed E-state index contributed by atoms with van der Waals surface area (Å²) in [5, 5.41) is 11.6. The lowest BCUT2D eigenvalue weighted by Gasteiger charge is -2.10. The molecule has 2 aromatic rings. The number of halogens is 2. The van der Waals surface area contributed by atoms with Crippen molar-refractivity contribution in [1.82, 2.24) is 0 Å². The molecular formula is C17H12ClFN2O2. The number of hydrogen-bond acceptors (Lipinski definition) is 3. The first-order chi connectivity index (χ1) is 11.0. The molecule has 0 radical (unpaired) electrons. The first-order valence-electron chi connectivity index (χ1n) is 6.58. The summed E-state index contributed by atoms with van der Waals surface area (Å²) in [4.78, 5) is 11.2. The molecule has 0 heterocycles. The Labute approximate surface area is 137 Å². The Morgan fingerprint density at radius 2 is 2.17 bits per heavy atom. The molecule has 6 heteroatoms. The Morgan fingerprint density at radius 3 is 2.78 bits per heavy atom. The van der Waals surface area contributed by atoms with Gasteiger partial charge in [0, 0.05) is 22.3 Å². The van der Waals surface area contributed by atoms with Gasteiger partial charge in [-0.25, -0.2) is 4.39 Å². The average molecular weight is 331 g/mol. The van der Waals surface area contributed by atoms with E-state index in [0.717, 1.165) is 12.1 Å². The van der Waals surface area contributed by atoms with E-state index in [4.69, 9.17) is 21.6 Å². The maximum Gasteiger partial charge on any atom is 0.247 e. The van der Waals surface area contributed by atoms with Crippen LogP contribution in [0.2, 0.25) is 5.02 Å². The Kier molecular flexibility index (Phi) is 5.34. The van der Waals surface area contributed by atoms with E-state index < -0.39 is 11.7 Å². The molecular weight excluding hydrogens is 319 g/mol. The number of nitriles is 1. The van der Waals surface area contributed by atoms with Gasteiger partial charge in [0.15, 0.2) is 11.6 Å². The predicted octanol–water partition coefficient (Wildman–Crippen LogP) is 4.05.